The molecule has 2 aliphatic rings. The molecule has 1 aromatic carbocycles. The van der Waals surface area contributed by atoms with Crippen molar-refractivity contribution < 1.29 is 14.6 Å². The summed E-state index contributed by atoms with van der Waals surface area (Å²) in [5, 5.41) is 13.0. The first-order valence-electron chi connectivity index (χ1n) is 11.1. The van der Waals surface area contributed by atoms with E-state index in [0.717, 1.165) is 51.3 Å². The number of nitrogens with one attached hydrogen (secondary N) is 1. The molecular formula is C23H37N3O3. The fourth-order valence-corrected chi connectivity index (χ4v) is 4.37. The number of aliphatic hydroxyl groups excluding tert-OH is 1. The predicted molar refractivity (Wildman–Crippen MR) is 115 cm³/mol. The third kappa shape index (κ3) is 6.43. The molecule has 0 aromatic heterocycles. The molecule has 0 radical (unpaired) electrons. The summed E-state index contributed by atoms with van der Waals surface area (Å²) in [5.74, 6) is 0.957. The van der Waals surface area contributed by atoms with Gasteiger partial charge in [-0.2, -0.15) is 0 Å². The van der Waals surface area contributed by atoms with Gasteiger partial charge in [-0.05, 0) is 69.6 Å². The molecule has 3 rings (SSSR count). The number of carbonyl (C=O) groups excluding carboxylic acids is 1. The zero-order chi connectivity index (χ0) is 20.7. The van der Waals surface area contributed by atoms with Gasteiger partial charge in [0, 0.05) is 25.6 Å². The molecule has 162 valence electrons. The van der Waals surface area contributed by atoms with Crippen molar-refractivity contribution in [3.63, 3.8) is 0 Å². The van der Waals surface area contributed by atoms with Crippen LogP contribution in [-0.2, 0) is 11.3 Å². The highest BCUT2D eigenvalue weighted by atomic mass is 16.5. The van der Waals surface area contributed by atoms with E-state index in [1.165, 1.54) is 24.8 Å². The number of aliphatic hydroxyl groups is 1. The summed E-state index contributed by atoms with van der Waals surface area (Å²) in [7, 11) is 1.72. The van der Waals surface area contributed by atoms with Gasteiger partial charge in [-0.1, -0.05) is 25.5 Å². The van der Waals surface area contributed by atoms with Crippen LogP contribution >= 0.6 is 0 Å². The summed E-state index contributed by atoms with van der Waals surface area (Å²) >= 11 is 0. The van der Waals surface area contributed by atoms with E-state index in [4.69, 9.17) is 4.74 Å². The summed E-state index contributed by atoms with van der Waals surface area (Å²) in [6, 6.07) is 8.17. The SMILES string of the molecule is CNC(=O)C1(C)CCN(Cc2ccc(OCC(O)CN3CCCCC3)cc2)CC1. The Labute approximate surface area is 175 Å². The predicted octanol–water partition coefficient (Wildman–Crippen LogP) is 2.26. The van der Waals surface area contributed by atoms with Crippen LogP contribution in [0.5, 0.6) is 5.75 Å². The first kappa shape index (κ1) is 22.1. The van der Waals surface area contributed by atoms with E-state index < -0.39 is 6.10 Å². The van der Waals surface area contributed by atoms with Crippen molar-refractivity contribution in [2.75, 3.05) is 46.4 Å². The quantitative estimate of drug-likeness (QED) is 0.697. The van der Waals surface area contributed by atoms with Gasteiger partial charge >= 0.3 is 0 Å². The van der Waals surface area contributed by atoms with E-state index >= 15 is 0 Å². The third-order valence-electron chi connectivity index (χ3n) is 6.42. The molecule has 2 fully saturated rings. The van der Waals surface area contributed by atoms with Crippen LogP contribution in [0, 0.1) is 5.41 Å². The van der Waals surface area contributed by atoms with Crippen molar-refractivity contribution in [2.45, 2.75) is 51.7 Å². The zero-order valence-corrected chi connectivity index (χ0v) is 18.0. The molecule has 0 bridgehead atoms. The van der Waals surface area contributed by atoms with Gasteiger partial charge in [0.1, 0.15) is 18.5 Å². The van der Waals surface area contributed by atoms with Crippen LogP contribution < -0.4 is 10.1 Å². The number of ether oxygens (including phenoxy) is 1. The molecule has 2 heterocycles. The summed E-state index contributed by atoms with van der Waals surface area (Å²) < 4.78 is 5.79. The lowest BCUT2D eigenvalue weighted by molar-refractivity contribution is -0.132. The first-order valence-corrected chi connectivity index (χ1v) is 11.1. The lowest BCUT2D eigenvalue weighted by Crippen LogP contribution is -2.46. The molecule has 29 heavy (non-hydrogen) atoms. The zero-order valence-electron chi connectivity index (χ0n) is 18.0. The number of β-amino-alcohol motifs (C(OH)–C–C–N with tert-alkyl or cyclic N) is 1. The van der Waals surface area contributed by atoms with Crippen LogP contribution in [0.15, 0.2) is 24.3 Å². The Kier molecular flexibility index (Phi) is 7.92. The maximum Gasteiger partial charge on any atom is 0.225 e. The van der Waals surface area contributed by atoms with Crippen molar-refractivity contribution >= 4 is 5.91 Å². The molecule has 2 aliphatic heterocycles. The number of hydrogen-bond donors (Lipinski definition) is 2. The largest absolute Gasteiger partial charge is 0.491 e. The summed E-state index contributed by atoms with van der Waals surface area (Å²) in [4.78, 5) is 16.8. The molecule has 6 heteroatoms. The van der Waals surface area contributed by atoms with Gasteiger partial charge in [0.2, 0.25) is 5.91 Å². The van der Waals surface area contributed by atoms with Crippen LogP contribution in [0.4, 0.5) is 0 Å². The molecule has 1 amide bonds. The molecule has 2 N–H and O–H groups in total. The summed E-state index contributed by atoms with van der Waals surface area (Å²) in [5.41, 5.74) is 1.01. The number of piperidine rings is 2. The molecular weight excluding hydrogens is 366 g/mol. The standard InChI is InChI=1S/C23H37N3O3/c1-23(22(28)24-2)10-14-26(15-11-23)16-19-6-8-21(9-7-19)29-18-20(27)17-25-12-4-3-5-13-25/h6-9,20,27H,3-5,10-18H2,1-2H3,(H,24,28). The topological polar surface area (TPSA) is 65.0 Å². The third-order valence-corrected chi connectivity index (χ3v) is 6.42. The highest BCUT2D eigenvalue weighted by molar-refractivity contribution is 5.82. The van der Waals surface area contributed by atoms with Crippen LogP contribution in [0.2, 0.25) is 0 Å². The second kappa shape index (κ2) is 10.4. The van der Waals surface area contributed by atoms with Crippen LogP contribution in [0.1, 0.15) is 44.6 Å². The number of nitrogens with zero attached hydrogens (tertiary/aromatic N) is 2. The molecule has 1 atom stereocenters. The maximum atomic E-state index is 12.0. The van der Waals surface area contributed by atoms with E-state index in [-0.39, 0.29) is 11.3 Å². The Balaban J connectivity index is 1.39. The molecule has 1 aromatic rings. The molecule has 0 saturated carbocycles. The number of hydrogen-bond acceptors (Lipinski definition) is 5. The van der Waals surface area contributed by atoms with E-state index in [2.05, 4.69) is 34.2 Å². The van der Waals surface area contributed by atoms with Gasteiger partial charge in [0.05, 0.1) is 0 Å². The fraction of sp³-hybridized carbons (Fsp3) is 0.696. The number of carbonyl (C=O) groups is 1. The first-order chi connectivity index (χ1) is 14.0. The normalized spacial score (nSPS) is 21.5. The molecule has 0 spiro atoms. The van der Waals surface area contributed by atoms with Gasteiger partial charge in [-0.15, -0.1) is 0 Å². The maximum absolute atomic E-state index is 12.0. The average molecular weight is 404 g/mol. The van der Waals surface area contributed by atoms with Gasteiger partial charge in [0.25, 0.3) is 0 Å². The lowest BCUT2D eigenvalue weighted by atomic mass is 9.79. The van der Waals surface area contributed by atoms with Crippen molar-refractivity contribution in [2.24, 2.45) is 5.41 Å². The van der Waals surface area contributed by atoms with Crippen molar-refractivity contribution in [1.82, 2.24) is 15.1 Å². The van der Waals surface area contributed by atoms with Crippen molar-refractivity contribution in [3.05, 3.63) is 29.8 Å². The highest BCUT2D eigenvalue weighted by Gasteiger charge is 2.36. The smallest absolute Gasteiger partial charge is 0.225 e. The van der Waals surface area contributed by atoms with Crippen LogP contribution in [0.3, 0.4) is 0 Å². The molecule has 1 unspecified atom stereocenters. The van der Waals surface area contributed by atoms with Crippen molar-refractivity contribution in [1.29, 1.82) is 0 Å². The van der Waals surface area contributed by atoms with E-state index in [1.807, 2.05) is 12.1 Å². The van der Waals surface area contributed by atoms with Crippen LogP contribution in [0.25, 0.3) is 0 Å². The minimum atomic E-state index is -0.448. The monoisotopic (exact) mass is 403 g/mol. The summed E-state index contributed by atoms with van der Waals surface area (Å²) in [6.07, 6.45) is 5.11. The number of benzene rings is 1. The van der Waals surface area contributed by atoms with Gasteiger partial charge in [-0.3, -0.25) is 9.69 Å². The van der Waals surface area contributed by atoms with Gasteiger partial charge in [-0.25, -0.2) is 0 Å². The second-order valence-corrected chi connectivity index (χ2v) is 8.89. The van der Waals surface area contributed by atoms with E-state index in [0.29, 0.717) is 13.2 Å². The average Bonchev–Trinajstić information content (AvgIpc) is 2.75. The minimum Gasteiger partial charge on any atom is -0.491 e. The Morgan fingerprint density at radius 1 is 1.10 bits per heavy atom. The van der Waals surface area contributed by atoms with Crippen LogP contribution in [-0.4, -0.2) is 73.3 Å². The van der Waals surface area contributed by atoms with E-state index in [9.17, 15) is 9.90 Å². The Hall–Kier alpha value is -1.63. The number of amides is 1. The summed E-state index contributed by atoms with van der Waals surface area (Å²) in [6.45, 7) is 8.03. The Morgan fingerprint density at radius 3 is 2.38 bits per heavy atom. The Bertz CT molecular complexity index is 635. The van der Waals surface area contributed by atoms with Gasteiger partial charge in [0.15, 0.2) is 0 Å². The number of likely N-dealkylation sites (tertiary alicyclic amines) is 2. The van der Waals surface area contributed by atoms with Gasteiger partial charge < -0.3 is 20.1 Å². The van der Waals surface area contributed by atoms with E-state index in [1.54, 1.807) is 7.05 Å². The highest BCUT2D eigenvalue weighted by Crippen LogP contribution is 2.31. The fourth-order valence-electron chi connectivity index (χ4n) is 4.37. The molecule has 2 saturated heterocycles. The second-order valence-electron chi connectivity index (χ2n) is 8.89. The lowest BCUT2D eigenvalue weighted by Gasteiger charge is -2.38. The molecule has 0 aliphatic carbocycles. The minimum absolute atomic E-state index is 0.154. The molecule has 6 nitrogen and oxygen atoms in total. The Morgan fingerprint density at radius 2 is 1.76 bits per heavy atom. The van der Waals surface area contributed by atoms with Crippen molar-refractivity contribution in [3.8, 4) is 5.75 Å². The number of rotatable bonds is 8.